The van der Waals surface area contributed by atoms with Crippen molar-refractivity contribution in [2.24, 2.45) is 0 Å². The Labute approximate surface area is 323 Å². The molecule has 20 atom stereocenters. The third-order valence-electron chi connectivity index (χ3n) is 11.1. The molecule has 0 saturated carbocycles. The number of rotatable bonds is 14. The van der Waals surface area contributed by atoms with Gasteiger partial charge in [-0.25, -0.2) is 0 Å². The van der Waals surface area contributed by atoms with Crippen LogP contribution in [0.2, 0.25) is 0 Å². The van der Waals surface area contributed by atoms with Crippen molar-refractivity contribution >= 4 is 11.9 Å². The van der Waals surface area contributed by atoms with Crippen molar-refractivity contribution in [3.63, 3.8) is 0 Å². The molecule has 1 N–H and O–H groups in total. The predicted molar refractivity (Wildman–Crippen MR) is 186 cm³/mol. The number of carbonyl (C=O) groups is 2. The highest BCUT2D eigenvalue weighted by Crippen LogP contribution is 2.36. The van der Waals surface area contributed by atoms with Gasteiger partial charge >= 0.3 is 11.9 Å². The fourth-order valence-electron chi connectivity index (χ4n) is 8.23. The molecule has 20 unspecified atom stereocenters. The quantitative estimate of drug-likeness (QED) is 0.248. The van der Waals surface area contributed by atoms with Crippen molar-refractivity contribution in [2.45, 2.75) is 190 Å². The average molecular weight is 795 g/mol. The number of esters is 2. The summed E-state index contributed by atoms with van der Waals surface area (Å²) in [5, 5.41) is 10.6. The molecule has 5 saturated heterocycles. The van der Waals surface area contributed by atoms with Crippen LogP contribution in [0.3, 0.4) is 0 Å². The van der Waals surface area contributed by atoms with E-state index in [1.807, 2.05) is 20.8 Å². The van der Waals surface area contributed by atoms with Gasteiger partial charge in [0.15, 0.2) is 31.3 Å². The summed E-state index contributed by atoms with van der Waals surface area (Å²) in [7, 11) is 7.76. The monoisotopic (exact) mass is 794 g/mol. The number of carbonyl (C=O) groups excluding carboxylic acids is 2. The summed E-state index contributed by atoms with van der Waals surface area (Å²) in [6, 6.07) is 0. The molecule has 0 bridgehead atoms. The molecule has 0 spiro atoms. The molecule has 5 rings (SSSR count). The summed E-state index contributed by atoms with van der Waals surface area (Å²) < 4.78 is 90.2. The first-order valence-corrected chi connectivity index (χ1v) is 19.1. The van der Waals surface area contributed by atoms with Crippen LogP contribution in [-0.4, -0.2) is 175 Å². The molecule has 5 fully saturated rings. The lowest BCUT2D eigenvalue weighted by atomic mass is 9.97. The molecule has 0 aromatic carbocycles. The van der Waals surface area contributed by atoms with E-state index >= 15 is 0 Å². The van der Waals surface area contributed by atoms with E-state index < -0.39 is 123 Å². The molecule has 318 valence electrons. The highest BCUT2D eigenvalue weighted by Gasteiger charge is 2.51. The molecule has 0 aliphatic carbocycles. The predicted octanol–water partition coefficient (Wildman–Crippen LogP) is 1.38. The van der Waals surface area contributed by atoms with Crippen LogP contribution in [0.25, 0.3) is 0 Å². The van der Waals surface area contributed by atoms with Crippen LogP contribution >= 0.6 is 0 Å². The van der Waals surface area contributed by atoms with Gasteiger partial charge < -0.3 is 76.2 Å². The molecule has 5 aliphatic heterocycles. The van der Waals surface area contributed by atoms with Gasteiger partial charge in [-0.2, -0.15) is 0 Å². The van der Waals surface area contributed by atoms with Crippen molar-refractivity contribution in [3.8, 4) is 0 Å². The number of ether oxygens (including phenoxy) is 15. The third-order valence-corrected chi connectivity index (χ3v) is 11.1. The minimum Gasteiger partial charge on any atom is -0.460 e. The molecule has 5 heterocycles. The summed E-state index contributed by atoms with van der Waals surface area (Å²) in [6.07, 6.45) is -11.4. The summed E-state index contributed by atoms with van der Waals surface area (Å²) >= 11 is 0. The van der Waals surface area contributed by atoms with E-state index in [1.54, 1.807) is 42.3 Å². The minimum absolute atomic E-state index is 0.0976. The number of aliphatic hydroxyl groups excluding tert-OH is 1. The molecule has 0 amide bonds. The van der Waals surface area contributed by atoms with Crippen LogP contribution in [0.4, 0.5) is 0 Å². The highest BCUT2D eigenvalue weighted by molar-refractivity contribution is 5.71. The second-order valence-corrected chi connectivity index (χ2v) is 14.9. The SMILES string of the molecule is COC1CC(=O)OC(C)C1OC1CC(OC)C(OC2CC(OC)C(OC3CC(OC)C(OC4OC(C)C(O)C(OC)C4OC(C)=O)C(C)O3)C(C)O2)C(C)O1. The maximum Gasteiger partial charge on any atom is 0.308 e. The van der Waals surface area contributed by atoms with Crippen molar-refractivity contribution in [1.29, 1.82) is 0 Å². The third kappa shape index (κ3) is 10.5. The van der Waals surface area contributed by atoms with Crippen molar-refractivity contribution in [2.75, 3.05) is 35.5 Å². The lowest BCUT2D eigenvalue weighted by Gasteiger charge is -2.48. The van der Waals surface area contributed by atoms with Crippen molar-refractivity contribution < 1.29 is 85.7 Å². The van der Waals surface area contributed by atoms with Gasteiger partial charge in [0.2, 0.25) is 0 Å². The first kappa shape index (κ1) is 44.5. The van der Waals surface area contributed by atoms with Crippen LogP contribution in [0.1, 0.15) is 67.2 Å². The van der Waals surface area contributed by atoms with Gasteiger partial charge in [-0.05, 0) is 34.6 Å². The molecular formula is C37H62O18. The summed E-state index contributed by atoms with van der Waals surface area (Å²) in [4.78, 5) is 23.9. The fraction of sp³-hybridized carbons (Fsp3) is 0.946. The lowest BCUT2D eigenvalue weighted by Crippen LogP contribution is -2.62. The zero-order valence-electron chi connectivity index (χ0n) is 33.8. The fourth-order valence-corrected chi connectivity index (χ4v) is 8.23. The first-order chi connectivity index (χ1) is 26.2. The van der Waals surface area contributed by atoms with Crippen LogP contribution in [0.15, 0.2) is 0 Å². The molecule has 5 aliphatic rings. The second kappa shape index (κ2) is 19.9. The summed E-state index contributed by atoms with van der Waals surface area (Å²) in [5.74, 6) is -0.899. The van der Waals surface area contributed by atoms with Gasteiger partial charge in [-0.15, -0.1) is 0 Å². The number of hydrogen-bond donors (Lipinski definition) is 1. The van der Waals surface area contributed by atoms with Crippen LogP contribution < -0.4 is 0 Å². The van der Waals surface area contributed by atoms with Crippen LogP contribution in [0.5, 0.6) is 0 Å². The van der Waals surface area contributed by atoms with Crippen molar-refractivity contribution in [3.05, 3.63) is 0 Å². The Morgan fingerprint density at radius 2 is 0.964 bits per heavy atom. The Morgan fingerprint density at radius 3 is 1.36 bits per heavy atom. The normalized spacial score (nSPS) is 46.9. The Hall–Kier alpha value is -1.62. The summed E-state index contributed by atoms with van der Waals surface area (Å²) in [6.45, 7) is 10.3. The van der Waals surface area contributed by atoms with E-state index in [-0.39, 0.29) is 18.5 Å². The van der Waals surface area contributed by atoms with Gasteiger partial charge in [0, 0.05) is 61.7 Å². The largest absolute Gasteiger partial charge is 0.460 e. The number of aliphatic hydroxyl groups is 1. The number of methoxy groups -OCH3 is 5. The molecule has 18 heteroatoms. The van der Waals surface area contributed by atoms with Crippen LogP contribution in [0, 0.1) is 0 Å². The van der Waals surface area contributed by atoms with E-state index in [1.165, 1.54) is 14.0 Å². The summed E-state index contributed by atoms with van der Waals surface area (Å²) in [5.41, 5.74) is 0. The number of hydrogen-bond acceptors (Lipinski definition) is 18. The molecule has 18 nitrogen and oxygen atoms in total. The highest BCUT2D eigenvalue weighted by atomic mass is 16.8. The van der Waals surface area contributed by atoms with Crippen molar-refractivity contribution in [1.82, 2.24) is 0 Å². The molecular weight excluding hydrogens is 732 g/mol. The van der Waals surface area contributed by atoms with E-state index in [0.717, 1.165) is 0 Å². The van der Waals surface area contributed by atoms with E-state index in [4.69, 9.17) is 71.1 Å². The van der Waals surface area contributed by atoms with E-state index in [2.05, 4.69) is 0 Å². The molecule has 55 heavy (non-hydrogen) atoms. The lowest BCUT2D eigenvalue weighted by molar-refractivity contribution is -0.356. The Morgan fingerprint density at radius 1 is 0.545 bits per heavy atom. The topological polar surface area (TPSA) is 193 Å². The number of cyclic esters (lactones) is 1. The minimum atomic E-state index is -1.06. The zero-order chi connectivity index (χ0) is 40.1. The molecule has 0 aromatic heterocycles. The van der Waals surface area contributed by atoms with Gasteiger partial charge in [0.25, 0.3) is 0 Å². The molecule has 0 aromatic rings. The van der Waals surface area contributed by atoms with E-state index in [9.17, 15) is 14.7 Å². The maximum absolute atomic E-state index is 12.0. The average Bonchev–Trinajstić information content (AvgIpc) is 3.13. The zero-order valence-corrected chi connectivity index (χ0v) is 33.8. The van der Waals surface area contributed by atoms with Gasteiger partial charge in [0.1, 0.15) is 42.7 Å². The standard InChI is InChI=1S/C37H62O18/c1-16-30(40)35(45-11)36(51-21(6)38)37(50-16)55-34-20(5)49-29(15-25(34)44-10)54-33-19(4)48-28(14-24(33)43-9)53-32-18(3)47-27(13-23(32)42-8)52-31-17(2)46-26(39)12-22(31)41-7/h16-20,22-25,27-37,40H,12-15H2,1-11H3. The van der Waals surface area contributed by atoms with E-state index in [0.29, 0.717) is 19.3 Å². The van der Waals surface area contributed by atoms with Gasteiger partial charge in [-0.1, -0.05) is 0 Å². The van der Waals surface area contributed by atoms with Gasteiger partial charge in [0.05, 0.1) is 55.3 Å². The van der Waals surface area contributed by atoms with Gasteiger partial charge in [-0.3, -0.25) is 9.59 Å². The first-order valence-electron chi connectivity index (χ1n) is 19.1. The Bertz CT molecular complexity index is 1230. The second-order valence-electron chi connectivity index (χ2n) is 14.9. The van der Waals surface area contributed by atoms with Crippen LogP contribution in [-0.2, 0) is 80.6 Å². The Balaban J connectivity index is 1.17. The maximum atomic E-state index is 12.0. The molecule has 0 radical (unpaired) electrons. The smallest absolute Gasteiger partial charge is 0.308 e. The Kier molecular flexibility index (Phi) is 16.1.